The van der Waals surface area contributed by atoms with Crippen LogP contribution in [0.5, 0.6) is 5.75 Å². The molecular weight excluding hydrogens is 276 g/mol. The van der Waals surface area contributed by atoms with Crippen LogP contribution >= 0.6 is 0 Å². The number of hydrogen-bond acceptors (Lipinski definition) is 3. The first kappa shape index (κ1) is 15.9. The molecule has 2 aromatic rings. The van der Waals surface area contributed by atoms with Gasteiger partial charge >= 0.3 is 0 Å². The van der Waals surface area contributed by atoms with Gasteiger partial charge in [0.2, 0.25) is 5.91 Å². The molecule has 0 spiro atoms. The lowest BCUT2D eigenvalue weighted by Gasteiger charge is -2.08. The number of ether oxygens (including phenoxy) is 1. The van der Waals surface area contributed by atoms with Gasteiger partial charge in [0.05, 0.1) is 13.7 Å². The number of methoxy groups -OCH3 is 1. The Bertz CT molecular complexity index is 609. The van der Waals surface area contributed by atoms with Gasteiger partial charge in [0, 0.05) is 12.2 Å². The molecule has 0 saturated carbocycles. The quantitative estimate of drug-likeness (QED) is 0.826. The maximum absolute atomic E-state index is 11.8. The molecule has 22 heavy (non-hydrogen) atoms. The summed E-state index contributed by atoms with van der Waals surface area (Å²) in [6.45, 7) is 2.94. The van der Waals surface area contributed by atoms with Crippen molar-refractivity contribution in [3.8, 4) is 5.75 Å². The second kappa shape index (κ2) is 8.08. The molecule has 0 aromatic heterocycles. The number of nitrogens with one attached hydrogen (secondary N) is 2. The van der Waals surface area contributed by atoms with Crippen molar-refractivity contribution in [1.29, 1.82) is 0 Å². The summed E-state index contributed by atoms with van der Waals surface area (Å²) in [4.78, 5) is 11.8. The van der Waals surface area contributed by atoms with Crippen LogP contribution in [0.4, 0.5) is 5.69 Å². The van der Waals surface area contributed by atoms with Crippen molar-refractivity contribution in [1.82, 2.24) is 5.32 Å². The predicted molar refractivity (Wildman–Crippen MR) is 89.4 cm³/mol. The van der Waals surface area contributed by atoms with Gasteiger partial charge in [-0.15, -0.1) is 0 Å². The Hall–Kier alpha value is -2.49. The zero-order valence-electron chi connectivity index (χ0n) is 13.1. The lowest BCUT2D eigenvalue weighted by Crippen LogP contribution is -2.31. The monoisotopic (exact) mass is 298 g/mol. The fourth-order valence-corrected chi connectivity index (χ4v) is 2.14. The molecule has 0 aliphatic heterocycles. The number of benzene rings is 2. The summed E-state index contributed by atoms with van der Waals surface area (Å²) in [7, 11) is 1.65. The van der Waals surface area contributed by atoms with Crippen molar-refractivity contribution in [3.05, 3.63) is 59.7 Å². The van der Waals surface area contributed by atoms with Crippen LogP contribution in [0, 0.1) is 6.92 Å². The lowest BCUT2D eigenvalue weighted by molar-refractivity contribution is -0.119. The molecule has 0 radical (unpaired) electrons. The number of carbonyl (C=O) groups excluding carboxylic acids is 1. The van der Waals surface area contributed by atoms with Crippen LogP contribution in [-0.4, -0.2) is 26.1 Å². The van der Waals surface area contributed by atoms with Gasteiger partial charge in [0.1, 0.15) is 5.75 Å². The first-order chi connectivity index (χ1) is 10.7. The van der Waals surface area contributed by atoms with Gasteiger partial charge in [-0.25, -0.2) is 0 Å². The molecule has 0 aliphatic rings. The van der Waals surface area contributed by atoms with Crippen LogP contribution in [0.1, 0.15) is 11.1 Å². The highest BCUT2D eigenvalue weighted by atomic mass is 16.5. The Morgan fingerprint density at radius 3 is 2.59 bits per heavy atom. The molecule has 0 heterocycles. The van der Waals surface area contributed by atoms with Crippen LogP contribution < -0.4 is 15.4 Å². The number of carbonyl (C=O) groups is 1. The van der Waals surface area contributed by atoms with E-state index in [0.29, 0.717) is 6.54 Å². The molecule has 0 aliphatic carbocycles. The molecule has 0 unspecified atom stereocenters. The number of aryl methyl sites for hydroxylation is 1. The highest BCUT2D eigenvalue weighted by Crippen LogP contribution is 2.11. The first-order valence-corrected chi connectivity index (χ1v) is 7.37. The van der Waals surface area contributed by atoms with E-state index in [1.807, 2.05) is 55.5 Å². The molecule has 2 aromatic carbocycles. The van der Waals surface area contributed by atoms with Crippen molar-refractivity contribution in [3.63, 3.8) is 0 Å². The minimum absolute atomic E-state index is 0.00461. The summed E-state index contributed by atoms with van der Waals surface area (Å²) in [6.07, 6.45) is 0.806. The summed E-state index contributed by atoms with van der Waals surface area (Å²) < 4.78 is 5.12. The summed E-state index contributed by atoms with van der Waals surface area (Å²) in [5.74, 6) is 0.838. The van der Waals surface area contributed by atoms with Gasteiger partial charge in [-0.05, 0) is 48.7 Å². The highest BCUT2D eigenvalue weighted by Gasteiger charge is 2.01. The summed E-state index contributed by atoms with van der Waals surface area (Å²) in [5, 5.41) is 6.03. The Balaban J connectivity index is 1.69. The molecule has 0 saturated heterocycles. The third kappa shape index (κ3) is 5.13. The van der Waals surface area contributed by atoms with E-state index in [1.165, 1.54) is 11.1 Å². The molecule has 0 bridgehead atoms. The van der Waals surface area contributed by atoms with E-state index in [9.17, 15) is 4.79 Å². The van der Waals surface area contributed by atoms with Gasteiger partial charge in [-0.2, -0.15) is 0 Å². The zero-order valence-corrected chi connectivity index (χ0v) is 13.1. The number of amides is 1. The molecule has 2 N–H and O–H groups in total. The van der Waals surface area contributed by atoms with E-state index in [-0.39, 0.29) is 12.5 Å². The minimum atomic E-state index is -0.00461. The minimum Gasteiger partial charge on any atom is -0.497 e. The molecule has 0 atom stereocenters. The molecular formula is C18H22N2O2. The maximum atomic E-state index is 11.8. The van der Waals surface area contributed by atoms with Crippen molar-refractivity contribution in [2.75, 3.05) is 25.5 Å². The van der Waals surface area contributed by atoms with Crippen LogP contribution in [0.15, 0.2) is 48.5 Å². The molecule has 1 amide bonds. The summed E-state index contributed by atoms with van der Waals surface area (Å²) >= 11 is 0. The van der Waals surface area contributed by atoms with E-state index in [4.69, 9.17) is 4.74 Å². The molecule has 116 valence electrons. The van der Waals surface area contributed by atoms with Crippen molar-refractivity contribution in [2.45, 2.75) is 13.3 Å². The van der Waals surface area contributed by atoms with E-state index < -0.39 is 0 Å². The van der Waals surface area contributed by atoms with E-state index in [0.717, 1.165) is 17.9 Å². The molecule has 4 nitrogen and oxygen atoms in total. The maximum Gasteiger partial charge on any atom is 0.239 e. The first-order valence-electron chi connectivity index (χ1n) is 7.37. The molecule has 2 rings (SSSR count). The Morgan fingerprint density at radius 1 is 1.14 bits per heavy atom. The lowest BCUT2D eigenvalue weighted by atomic mass is 10.1. The third-order valence-electron chi connectivity index (χ3n) is 3.37. The topological polar surface area (TPSA) is 50.4 Å². The molecule has 4 heteroatoms. The number of hydrogen-bond donors (Lipinski definition) is 2. The van der Waals surface area contributed by atoms with Gasteiger partial charge in [-0.1, -0.05) is 24.3 Å². The summed E-state index contributed by atoms with van der Waals surface area (Å²) in [6, 6.07) is 15.8. The highest BCUT2D eigenvalue weighted by molar-refractivity contribution is 5.80. The van der Waals surface area contributed by atoms with Gasteiger partial charge < -0.3 is 15.4 Å². The third-order valence-corrected chi connectivity index (χ3v) is 3.37. The zero-order chi connectivity index (χ0) is 15.8. The van der Waals surface area contributed by atoms with Crippen LogP contribution in [0.3, 0.4) is 0 Å². The van der Waals surface area contributed by atoms with Crippen LogP contribution in [-0.2, 0) is 11.2 Å². The Kier molecular flexibility index (Phi) is 5.83. The van der Waals surface area contributed by atoms with E-state index in [2.05, 4.69) is 10.6 Å². The van der Waals surface area contributed by atoms with E-state index in [1.54, 1.807) is 7.11 Å². The van der Waals surface area contributed by atoms with Gasteiger partial charge in [-0.3, -0.25) is 4.79 Å². The second-order valence-electron chi connectivity index (χ2n) is 5.17. The van der Waals surface area contributed by atoms with Crippen LogP contribution in [0.2, 0.25) is 0 Å². The number of anilines is 1. The fraction of sp³-hybridized carbons (Fsp3) is 0.278. The SMILES string of the molecule is COc1ccc(CCNC(=O)CNc2cccc(C)c2)cc1. The van der Waals surface area contributed by atoms with Crippen molar-refractivity contribution < 1.29 is 9.53 Å². The predicted octanol–water partition coefficient (Wildman–Crippen LogP) is 2.77. The van der Waals surface area contributed by atoms with Crippen molar-refractivity contribution in [2.24, 2.45) is 0 Å². The Labute approximate surface area is 131 Å². The van der Waals surface area contributed by atoms with E-state index >= 15 is 0 Å². The average molecular weight is 298 g/mol. The normalized spacial score (nSPS) is 10.1. The van der Waals surface area contributed by atoms with Crippen LogP contribution in [0.25, 0.3) is 0 Å². The summed E-state index contributed by atoms with van der Waals surface area (Å²) in [5.41, 5.74) is 3.31. The smallest absolute Gasteiger partial charge is 0.239 e. The largest absolute Gasteiger partial charge is 0.497 e. The molecule has 0 fully saturated rings. The fourth-order valence-electron chi connectivity index (χ4n) is 2.14. The standard InChI is InChI=1S/C18H22N2O2/c1-14-4-3-5-16(12-14)20-13-18(21)19-11-10-15-6-8-17(22-2)9-7-15/h3-9,12,20H,10-11,13H2,1-2H3,(H,19,21). The van der Waals surface area contributed by atoms with Crippen molar-refractivity contribution >= 4 is 11.6 Å². The van der Waals surface area contributed by atoms with Gasteiger partial charge in [0.15, 0.2) is 0 Å². The second-order valence-corrected chi connectivity index (χ2v) is 5.17. The number of rotatable bonds is 7. The Morgan fingerprint density at radius 2 is 1.91 bits per heavy atom. The average Bonchev–Trinajstić information content (AvgIpc) is 2.54. The van der Waals surface area contributed by atoms with Gasteiger partial charge in [0.25, 0.3) is 0 Å².